The molecule has 0 radical (unpaired) electrons. The van der Waals surface area contributed by atoms with Crippen LogP contribution in [0.15, 0.2) is 36.4 Å². The summed E-state index contributed by atoms with van der Waals surface area (Å²) in [5.41, 5.74) is 12.2. The second-order valence-corrected chi connectivity index (χ2v) is 13.2. The van der Waals surface area contributed by atoms with Crippen LogP contribution < -0.4 is 16.4 Å². The normalized spacial score (nSPS) is 19.5. The summed E-state index contributed by atoms with van der Waals surface area (Å²) in [5, 5.41) is 6.50. The van der Waals surface area contributed by atoms with Gasteiger partial charge in [0.25, 0.3) is 0 Å². The number of primary amides is 1. The SMILES string of the molecule is CC(C)c1ccc2c(c1)CN(C(=O)CC(C)(C)C)[C@H](C(=O)N[C@@H]1CCCc3ccc(CN[C@@H](C)C(N)=O)cc31)C2. The Hall–Kier alpha value is -3.19. The molecule has 3 atom stereocenters. The van der Waals surface area contributed by atoms with Gasteiger partial charge >= 0.3 is 0 Å². The number of hydrogen-bond acceptors (Lipinski definition) is 4. The van der Waals surface area contributed by atoms with Crippen LogP contribution in [0.3, 0.4) is 0 Å². The molecule has 7 heteroatoms. The van der Waals surface area contributed by atoms with Crippen molar-refractivity contribution < 1.29 is 14.4 Å². The number of nitrogens with zero attached hydrogens (tertiary/aromatic N) is 1. The topological polar surface area (TPSA) is 105 Å². The molecule has 1 aliphatic carbocycles. The Balaban J connectivity index is 1.57. The highest BCUT2D eigenvalue weighted by Crippen LogP contribution is 2.33. The van der Waals surface area contributed by atoms with Gasteiger partial charge in [-0.15, -0.1) is 0 Å². The second-order valence-electron chi connectivity index (χ2n) is 13.2. The minimum absolute atomic E-state index is 0.0224. The lowest BCUT2D eigenvalue weighted by molar-refractivity contribution is -0.143. The fourth-order valence-electron chi connectivity index (χ4n) is 5.76. The minimum atomic E-state index is -0.543. The highest BCUT2D eigenvalue weighted by atomic mass is 16.2. The maximum Gasteiger partial charge on any atom is 0.243 e. The smallest absolute Gasteiger partial charge is 0.243 e. The van der Waals surface area contributed by atoms with Crippen LogP contribution in [0.1, 0.15) is 106 Å². The summed E-state index contributed by atoms with van der Waals surface area (Å²) in [7, 11) is 0. The monoisotopic (exact) mass is 546 g/mol. The first-order chi connectivity index (χ1) is 18.8. The van der Waals surface area contributed by atoms with Crippen LogP contribution >= 0.6 is 0 Å². The van der Waals surface area contributed by atoms with Crippen molar-refractivity contribution >= 4 is 17.7 Å². The summed E-state index contributed by atoms with van der Waals surface area (Å²) < 4.78 is 0. The molecule has 0 bridgehead atoms. The lowest BCUT2D eigenvalue weighted by Gasteiger charge is -2.39. The average Bonchev–Trinajstić information content (AvgIpc) is 2.89. The molecule has 4 N–H and O–H groups in total. The van der Waals surface area contributed by atoms with E-state index in [2.05, 4.69) is 81.7 Å². The molecule has 0 unspecified atom stereocenters. The molecule has 3 amide bonds. The number of nitrogens with one attached hydrogen (secondary N) is 2. The van der Waals surface area contributed by atoms with Crippen LogP contribution in [0.25, 0.3) is 0 Å². The van der Waals surface area contributed by atoms with Gasteiger partial charge < -0.3 is 21.3 Å². The van der Waals surface area contributed by atoms with E-state index >= 15 is 0 Å². The molecule has 4 rings (SSSR count). The van der Waals surface area contributed by atoms with Crippen LogP contribution in [0.4, 0.5) is 0 Å². The molecule has 0 fully saturated rings. The lowest BCUT2D eigenvalue weighted by atomic mass is 9.85. The van der Waals surface area contributed by atoms with Crippen LogP contribution in [0, 0.1) is 5.41 Å². The summed E-state index contributed by atoms with van der Waals surface area (Å²) in [6.07, 6.45) is 3.72. The molecule has 2 aromatic carbocycles. The highest BCUT2D eigenvalue weighted by molar-refractivity contribution is 5.89. The Labute approximate surface area is 239 Å². The summed E-state index contributed by atoms with van der Waals surface area (Å²) in [4.78, 5) is 40.8. The molecule has 1 heterocycles. The first-order valence-corrected chi connectivity index (χ1v) is 14.7. The highest BCUT2D eigenvalue weighted by Gasteiger charge is 2.37. The molecule has 1 aliphatic heterocycles. The predicted molar refractivity (Wildman–Crippen MR) is 158 cm³/mol. The van der Waals surface area contributed by atoms with E-state index in [0.717, 1.165) is 41.5 Å². The number of rotatable bonds is 8. The maximum atomic E-state index is 13.9. The maximum absolute atomic E-state index is 13.9. The van der Waals surface area contributed by atoms with Crippen molar-refractivity contribution in [2.75, 3.05) is 0 Å². The van der Waals surface area contributed by atoms with Crippen LogP contribution in [0.2, 0.25) is 0 Å². The van der Waals surface area contributed by atoms with E-state index in [9.17, 15) is 14.4 Å². The third-order valence-electron chi connectivity index (χ3n) is 8.21. The van der Waals surface area contributed by atoms with Crippen molar-refractivity contribution in [2.24, 2.45) is 11.1 Å². The second kappa shape index (κ2) is 12.1. The van der Waals surface area contributed by atoms with E-state index in [0.29, 0.717) is 31.8 Å². The van der Waals surface area contributed by atoms with Gasteiger partial charge in [-0.05, 0) is 70.9 Å². The zero-order valence-electron chi connectivity index (χ0n) is 25.0. The minimum Gasteiger partial charge on any atom is -0.368 e. The van der Waals surface area contributed by atoms with Crippen LogP contribution in [-0.4, -0.2) is 34.7 Å². The summed E-state index contributed by atoms with van der Waals surface area (Å²) in [6.45, 7) is 13.3. The Kier molecular flexibility index (Phi) is 9.03. The summed E-state index contributed by atoms with van der Waals surface area (Å²) in [5.74, 6) is -0.0579. The molecule has 0 spiro atoms. The van der Waals surface area contributed by atoms with Crippen molar-refractivity contribution in [3.63, 3.8) is 0 Å². The van der Waals surface area contributed by atoms with Crippen LogP contribution in [-0.2, 0) is 40.3 Å². The third-order valence-corrected chi connectivity index (χ3v) is 8.21. The number of amides is 3. The molecular formula is C33H46N4O3. The van der Waals surface area contributed by atoms with E-state index in [1.54, 1.807) is 6.92 Å². The molecule has 2 aliphatic rings. The predicted octanol–water partition coefficient (Wildman–Crippen LogP) is 4.66. The molecule has 40 heavy (non-hydrogen) atoms. The van der Waals surface area contributed by atoms with Crippen molar-refractivity contribution in [3.05, 3.63) is 69.8 Å². The molecule has 7 nitrogen and oxygen atoms in total. The number of fused-ring (bicyclic) bond motifs is 2. The Morgan fingerprint density at radius 1 is 1.02 bits per heavy atom. The number of aryl methyl sites for hydroxylation is 1. The molecular weight excluding hydrogens is 500 g/mol. The number of carbonyl (C=O) groups excluding carboxylic acids is 3. The lowest BCUT2D eigenvalue weighted by Crippen LogP contribution is -2.53. The zero-order valence-corrected chi connectivity index (χ0v) is 25.0. The molecule has 216 valence electrons. The fourth-order valence-corrected chi connectivity index (χ4v) is 5.76. The van der Waals surface area contributed by atoms with Gasteiger partial charge in [0, 0.05) is 25.9 Å². The molecule has 2 aromatic rings. The fraction of sp³-hybridized carbons (Fsp3) is 0.545. The van der Waals surface area contributed by atoms with E-state index in [1.165, 1.54) is 11.1 Å². The molecule has 0 saturated heterocycles. The summed E-state index contributed by atoms with van der Waals surface area (Å²) >= 11 is 0. The van der Waals surface area contributed by atoms with Gasteiger partial charge in [0.05, 0.1) is 12.1 Å². The Morgan fingerprint density at radius 3 is 2.42 bits per heavy atom. The van der Waals surface area contributed by atoms with Gasteiger partial charge in [-0.3, -0.25) is 14.4 Å². The Morgan fingerprint density at radius 2 is 1.75 bits per heavy atom. The van der Waals surface area contributed by atoms with Gasteiger partial charge in [-0.2, -0.15) is 0 Å². The number of carbonyl (C=O) groups is 3. The first kappa shape index (κ1) is 29.8. The Bertz CT molecular complexity index is 1260. The zero-order chi connectivity index (χ0) is 29.2. The van der Waals surface area contributed by atoms with Crippen molar-refractivity contribution in [2.45, 2.75) is 111 Å². The van der Waals surface area contributed by atoms with Gasteiger partial charge in [0.1, 0.15) is 6.04 Å². The largest absolute Gasteiger partial charge is 0.368 e. The van der Waals surface area contributed by atoms with E-state index in [4.69, 9.17) is 5.73 Å². The van der Waals surface area contributed by atoms with Gasteiger partial charge in [-0.1, -0.05) is 71.0 Å². The van der Waals surface area contributed by atoms with Crippen molar-refractivity contribution in [1.82, 2.24) is 15.5 Å². The number of nitrogens with two attached hydrogens (primary N) is 1. The standard InChI is InChI=1S/C33H46N4O3/c1-20(2)24-12-13-25-16-29(37(19-26(25)15-24)30(38)17-33(4,5)6)32(40)36-28-9-7-8-23-11-10-22(14-27(23)28)18-35-21(3)31(34)39/h10-15,20-21,28-29,35H,7-9,16-19H2,1-6H3,(H2,34,39)(H,36,40)/t21-,28+,29-/m0/s1. The average molecular weight is 547 g/mol. The van der Waals surface area contributed by atoms with Gasteiger partial charge in [-0.25, -0.2) is 0 Å². The van der Waals surface area contributed by atoms with Crippen molar-refractivity contribution in [1.29, 1.82) is 0 Å². The molecule has 0 saturated carbocycles. The third kappa shape index (κ3) is 7.11. The number of benzene rings is 2. The van der Waals surface area contributed by atoms with E-state index < -0.39 is 12.1 Å². The van der Waals surface area contributed by atoms with E-state index in [1.807, 2.05) is 4.90 Å². The van der Waals surface area contributed by atoms with Crippen molar-refractivity contribution in [3.8, 4) is 0 Å². The van der Waals surface area contributed by atoms with Crippen LogP contribution in [0.5, 0.6) is 0 Å². The quantitative estimate of drug-likeness (QED) is 0.448. The number of hydrogen-bond donors (Lipinski definition) is 3. The molecule has 0 aromatic heterocycles. The van der Waals surface area contributed by atoms with Gasteiger partial charge in [0.15, 0.2) is 0 Å². The van der Waals surface area contributed by atoms with Gasteiger partial charge in [0.2, 0.25) is 17.7 Å². The van der Waals surface area contributed by atoms with E-state index in [-0.39, 0.29) is 29.2 Å². The summed E-state index contributed by atoms with van der Waals surface area (Å²) in [6, 6.07) is 11.7. The first-order valence-electron chi connectivity index (χ1n) is 14.7.